The Hall–Kier alpha value is -1.84. The van der Waals surface area contributed by atoms with Crippen LogP contribution in [0.2, 0.25) is 5.02 Å². The van der Waals surface area contributed by atoms with Crippen LogP contribution < -0.4 is 0 Å². The highest BCUT2D eigenvalue weighted by Gasteiger charge is 2.48. The first-order valence-electron chi connectivity index (χ1n) is 7.40. The van der Waals surface area contributed by atoms with Crippen LogP contribution in [0.3, 0.4) is 0 Å². The SMILES string of the molecule is CCCCO[C@]1(c2ccc(Cl)cc2)OC(=O)c2ccccc21. The number of hydrogen-bond acceptors (Lipinski definition) is 3. The maximum Gasteiger partial charge on any atom is 0.341 e. The highest BCUT2D eigenvalue weighted by Crippen LogP contribution is 2.43. The van der Waals surface area contributed by atoms with Crippen molar-refractivity contribution in [2.75, 3.05) is 6.61 Å². The minimum absolute atomic E-state index is 0.359. The van der Waals surface area contributed by atoms with E-state index in [9.17, 15) is 4.79 Å². The highest BCUT2D eigenvalue weighted by atomic mass is 35.5. The van der Waals surface area contributed by atoms with E-state index in [0.717, 1.165) is 24.0 Å². The van der Waals surface area contributed by atoms with Crippen molar-refractivity contribution in [1.82, 2.24) is 0 Å². The molecular weight excluding hydrogens is 300 g/mol. The summed E-state index contributed by atoms with van der Waals surface area (Å²) in [6.07, 6.45) is 1.90. The van der Waals surface area contributed by atoms with Gasteiger partial charge >= 0.3 is 5.97 Å². The fourth-order valence-electron chi connectivity index (χ4n) is 2.62. The Kier molecular flexibility index (Phi) is 4.19. The second-order valence-electron chi connectivity index (χ2n) is 5.26. The standard InChI is InChI=1S/C18H17ClO3/c1-2-3-12-21-18(13-8-10-14(19)11-9-13)16-7-5-4-6-15(16)17(20)22-18/h4-11H,2-3,12H2,1H3/t18-/m1/s1. The van der Waals surface area contributed by atoms with E-state index in [1.165, 1.54) is 0 Å². The predicted molar refractivity (Wildman–Crippen MR) is 84.9 cm³/mol. The summed E-state index contributed by atoms with van der Waals surface area (Å²) < 4.78 is 11.8. The monoisotopic (exact) mass is 316 g/mol. The minimum Gasteiger partial charge on any atom is -0.420 e. The van der Waals surface area contributed by atoms with Gasteiger partial charge in [0.2, 0.25) is 0 Å². The molecule has 4 heteroatoms. The zero-order chi connectivity index (χ0) is 15.6. The molecule has 0 saturated carbocycles. The Morgan fingerprint density at radius 2 is 1.86 bits per heavy atom. The first-order valence-corrected chi connectivity index (χ1v) is 7.78. The summed E-state index contributed by atoms with van der Waals surface area (Å²) in [5.41, 5.74) is 2.07. The molecular formula is C18H17ClO3. The molecule has 0 saturated heterocycles. The minimum atomic E-state index is -1.17. The molecule has 0 N–H and O–H groups in total. The van der Waals surface area contributed by atoms with Gasteiger partial charge in [-0.05, 0) is 24.6 Å². The zero-order valence-electron chi connectivity index (χ0n) is 12.3. The van der Waals surface area contributed by atoms with Crippen LogP contribution in [-0.4, -0.2) is 12.6 Å². The summed E-state index contributed by atoms with van der Waals surface area (Å²) >= 11 is 5.97. The smallest absolute Gasteiger partial charge is 0.341 e. The summed E-state index contributed by atoms with van der Waals surface area (Å²) in [4.78, 5) is 12.2. The summed E-state index contributed by atoms with van der Waals surface area (Å²) in [7, 11) is 0. The van der Waals surface area contributed by atoms with Gasteiger partial charge in [0, 0.05) is 16.1 Å². The second kappa shape index (κ2) is 6.11. The predicted octanol–water partition coefficient (Wildman–Crippen LogP) is 4.53. The Morgan fingerprint density at radius 1 is 1.14 bits per heavy atom. The fraction of sp³-hybridized carbons (Fsp3) is 0.278. The highest BCUT2D eigenvalue weighted by molar-refractivity contribution is 6.30. The van der Waals surface area contributed by atoms with E-state index in [1.807, 2.05) is 30.3 Å². The molecule has 114 valence electrons. The lowest BCUT2D eigenvalue weighted by molar-refractivity contribution is -0.174. The molecule has 3 nitrogen and oxygen atoms in total. The summed E-state index contributed by atoms with van der Waals surface area (Å²) in [5.74, 6) is -1.53. The first-order chi connectivity index (χ1) is 10.7. The second-order valence-corrected chi connectivity index (χ2v) is 5.70. The van der Waals surface area contributed by atoms with Crippen molar-refractivity contribution >= 4 is 17.6 Å². The van der Waals surface area contributed by atoms with Crippen LogP contribution in [0.4, 0.5) is 0 Å². The lowest BCUT2D eigenvalue weighted by Gasteiger charge is -2.29. The van der Waals surface area contributed by atoms with Gasteiger partial charge in [-0.3, -0.25) is 0 Å². The third kappa shape index (κ3) is 2.51. The van der Waals surface area contributed by atoms with Gasteiger partial charge in [0.1, 0.15) is 0 Å². The average molecular weight is 317 g/mol. The van der Waals surface area contributed by atoms with E-state index in [1.54, 1.807) is 18.2 Å². The Balaban J connectivity index is 2.09. The van der Waals surface area contributed by atoms with Gasteiger partial charge in [-0.25, -0.2) is 4.79 Å². The number of rotatable bonds is 5. The number of hydrogen-bond donors (Lipinski definition) is 0. The summed E-state index contributed by atoms with van der Waals surface area (Å²) in [6, 6.07) is 14.6. The molecule has 0 radical (unpaired) electrons. The fourth-order valence-corrected chi connectivity index (χ4v) is 2.75. The topological polar surface area (TPSA) is 35.5 Å². The van der Waals surface area contributed by atoms with Crippen LogP contribution in [0.15, 0.2) is 48.5 Å². The van der Waals surface area contributed by atoms with E-state index >= 15 is 0 Å². The molecule has 2 aromatic carbocycles. The largest absolute Gasteiger partial charge is 0.420 e. The molecule has 1 aliphatic heterocycles. The molecule has 0 fully saturated rings. The molecule has 1 heterocycles. The van der Waals surface area contributed by atoms with E-state index < -0.39 is 5.79 Å². The number of carbonyl (C=O) groups is 1. The quantitative estimate of drug-likeness (QED) is 0.600. The number of ether oxygens (including phenoxy) is 2. The summed E-state index contributed by atoms with van der Waals surface area (Å²) in [5, 5.41) is 0.630. The molecule has 1 atom stereocenters. The molecule has 0 amide bonds. The van der Waals surface area contributed by atoms with Gasteiger partial charge in [0.05, 0.1) is 12.2 Å². The summed E-state index contributed by atoms with van der Waals surface area (Å²) in [6.45, 7) is 2.60. The van der Waals surface area contributed by atoms with Gasteiger partial charge in [-0.2, -0.15) is 0 Å². The lowest BCUT2D eigenvalue weighted by Crippen LogP contribution is -2.32. The molecule has 0 spiro atoms. The third-order valence-electron chi connectivity index (χ3n) is 3.77. The number of carbonyl (C=O) groups excluding carboxylic acids is 1. The van der Waals surface area contributed by atoms with Crippen LogP contribution in [0.5, 0.6) is 0 Å². The zero-order valence-corrected chi connectivity index (χ0v) is 13.1. The molecule has 3 rings (SSSR count). The Labute approximate surface area is 134 Å². The first kappa shape index (κ1) is 15.1. The number of cyclic esters (lactones) is 1. The van der Waals surface area contributed by atoms with E-state index in [0.29, 0.717) is 17.2 Å². The van der Waals surface area contributed by atoms with Gasteiger partial charge < -0.3 is 9.47 Å². The Morgan fingerprint density at radius 3 is 2.59 bits per heavy atom. The van der Waals surface area contributed by atoms with Crippen LogP contribution >= 0.6 is 11.6 Å². The van der Waals surface area contributed by atoms with E-state index in [-0.39, 0.29) is 5.97 Å². The molecule has 2 aromatic rings. The van der Waals surface area contributed by atoms with Crippen LogP contribution in [0.25, 0.3) is 0 Å². The van der Waals surface area contributed by atoms with Gasteiger partial charge in [0.25, 0.3) is 5.79 Å². The van der Waals surface area contributed by atoms with Crippen LogP contribution in [0.1, 0.15) is 41.3 Å². The number of fused-ring (bicyclic) bond motifs is 1. The Bertz CT molecular complexity index is 681. The van der Waals surface area contributed by atoms with Crippen molar-refractivity contribution < 1.29 is 14.3 Å². The van der Waals surface area contributed by atoms with Crippen molar-refractivity contribution in [3.63, 3.8) is 0 Å². The molecule has 0 aliphatic carbocycles. The van der Waals surface area contributed by atoms with Crippen molar-refractivity contribution in [3.05, 3.63) is 70.2 Å². The lowest BCUT2D eigenvalue weighted by atomic mass is 9.95. The molecule has 1 aliphatic rings. The molecule has 22 heavy (non-hydrogen) atoms. The van der Waals surface area contributed by atoms with Crippen LogP contribution in [-0.2, 0) is 15.3 Å². The maximum absolute atomic E-state index is 12.2. The van der Waals surface area contributed by atoms with Crippen molar-refractivity contribution in [2.45, 2.75) is 25.6 Å². The van der Waals surface area contributed by atoms with Gasteiger partial charge in [0.15, 0.2) is 0 Å². The van der Waals surface area contributed by atoms with E-state index in [4.69, 9.17) is 21.1 Å². The maximum atomic E-state index is 12.2. The van der Waals surface area contributed by atoms with Gasteiger partial charge in [-0.1, -0.05) is 55.3 Å². The number of halogens is 1. The van der Waals surface area contributed by atoms with Crippen molar-refractivity contribution in [1.29, 1.82) is 0 Å². The number of unbranched alkanes of at least 4 members (excludes halogenated alkanes) is 1. The number of esters is 1. The van der Waals surface area contributed by atoms with Crippen molar-refractivity contribution in [2.24, 2.45) is 0 Å². The third-order valence-corrected chi connectivity index (χ3v) is 4.02. The van der Waals surface area contributed by atoms with Gasteiger partial charge in [-0.15, -0.1) is 0 Å². The molecule has 0 aromatic heterocycles. The van der Waals surface area contributed by atoms with E-state index in [2.05, 4.69) is 6.92 Å². The molecule has 0 unspecified atom stereocenters. The average Bonchev–Trinajstić information content (AvgIpc) is 2.83. The normalized spacial score (nSPS) is 19.8. The van der Waals surface area contributed by atoms with Crippen LogP contribution in [0, 0.1) is 0 Å². The number of benzene rings is 2. The molecule has 0 bridgehead atoms. The van der Waals surface area contributed by atoms with Crippen molar-refractivity contribution in [3.8, 4) is 0 Å².